The zero-order valence-corrected chi connectivity index (χ0v) is 11.9. The monoisotopic (exact) mass is 325 g/mol. The van der Waals surface area contributed by atoms with E-state index in [4.69, 9.17) is 5.14 Å². The minimum absolute atomic E-state index is 0.0204. The number of amides is 2. The van der Waals surface area contributed by atoms with Gasteiger partial charge in [0.05, 0.1) is 0 Å². The number of benzene rings is 2. The van der Waals surface area contributed by atoms with Gasteiger partial charge in [0.15, 0.2) is 0 Å². The summed E-state index contributed by atoms with van der Waals surface area (Å²) in [4.78, 5) is 11.7. The molecule has 0 aliphatic rings. The standard InChI is InChI=1S/C13H12FN3O4S/c14-9-1-3-10(4-2-9)16-13(18)17-11-5-7-12(8-6-11)21-22(15,19)20/h1-8H,(H2,15,19,20)(H2,16,17,18). The molecule has 0 bridgehead atoms. The molecule has 0 atom stereocenters. The molecule has 0 saturated heterocycles. The SMILES string of the molecule is NS(=O)(=O)Oc1ccc(NC(=O)Nc2ccc(F)cc2)cc1. The Morgan fingerprint density at radius 2 is 1.41 bits per heavy atom. The number of halogens is 1. The van der Waals surface area contributed by atoms with Gasteiger partial charge < -0.3 is 14.8 Å². The van der Waals surface area contributed by atoms with Gasteiger partial charge in [-0.1, -0.05) is 0 Å². The second-order valence-electron chi connectivity index (χ2n) is 4.19. The van der Waals surface area contributed by atoms with Gasteiger partial charge in [-0.2, -0.15) is 13.6 Å². The lowest BCUT2D eigenvalue weighted by molar-refractivity contribution is 0.262. The highest BCUT2D eigenvalue weighted by Gasteiger charge is 2.06. The zero-order valence-electron chi connectivity index (χ0n) is 11.1. The fraction of sp³-hybridized carbons (Fsp3) is 0. The van der Waals surface area contributed by atoms with Crippen LogP contribution in [0.25, 0.3) is 0 Å². The predicted octanol–water partition coefficient (Wildman–Crippen LogP) is 2.05. The lowest BCUT2D eigenvalue weighted by Gasteiger charge is -2.08. The maximum Gasteiger partial charge on any atom is 0.380 e. The largest absolute Gasteiger partial charge is 0.380 e. The van der Waals surface area contributed by atoms with E-state index in [1.165, 1.54) is 48.5 Å². The maximum absolute atomic E-state index is 12.7. The third kappa shape index (κ3) is 5.04. The van der Waals surface area contributed by atoms with Crippen molar-refractivity contribution in [2.24, 2.45) is 5.14 Å². The second kappa shape index (κ2) is 6.41. The molecule has 0 aliphatic carbocycles. The molecular weight excluding hydrogens is 313 g/mol. The van der Waals surface area contributed by atoms with Crippen LogP contribution in [0.3, 0.4) is 0 Å². The van der Waals surface area contributed by atoms with E-state index in [0.717, 1.165) is 0 Å². The van der Waals surface area contributed by atoms with Gasteiger partial charge in [-0.3, -0.25) is 0 Å². The van der Waals surface area contributed by atoms with Crippen molar-refractivity contribution in [3.63, 3.8) is 0 Å². The summed E-state index contributed by atoms with van der Waals surface area (Å²) in [5, 5.41) is 9.75. The van der Waals surface area contributed by atoms with Gasteiger partial charge in [0.2, 0.25) is 0 Å². The fourth-order valence-corrected chi connectivity index (χ4v) is 1.93. The molecule has 116 valence electrons. The number of hydrogen-bond donors (Lipinski definition) is 3. The van der Waals surface area contributed by atoms with Crippen molar-refractivity contribution in [1.29, 1.82) is 0 Å². The van der Waals surface area contributed by atoms with E-state index in [-0.39, 0.29) is 5.75 Å². The second-order valence-corrected chi connectivity index (χ2v) is 5.34. The Labute approximate surface area is 126 Å². The van der Waals surface area contributed by atoms with Crippen molar-refractivity contribution < 1.29 is 21.8 Å². The van der Waals surface area contributed by atoms with Crippen molar-refractivity contribution in [2.75, 3.05) is 10.6 Å². The Morgan fingerprint density at radius 1 is 0.955 bits per heavy atom. The summed E-state index contributed by atoms with van der Waals surface area (Å²) >= 11 is 0. The Bertz CT molecular complexity index is 761. The average Bonchev–Trinajstić information content (AvgIpc) is 2.42. The maximum atomic E-state index is 12.7. The number of nitrogens with two attached hydrogens (primary N) is 1. The summed E-state index contributed by atoms with van der Waals surface area (Å²) in [7, 11) is -4.09. The van der Waals surface area contributed by atoms with Gasteiger partial charge >= 0.3 is 16.3 Å². The van der Waals surface area contributed by atoms with Crippen molar-refractivity contribution in [3.8, 4) is 5.75 Å². The molecule has 0 radical (unpaired) electrons. The van der Waals surface area contributed by atoms with E-state index < -0.39 is 22.2 Å². The number of anilines is 2. The van der Waals surface area contributed by atoms with Crippen LogP contribution in [0, 0.1) is 5.82 Å². The first-order chi connectivity index (χ1) is 10.3. The summed E-state index contributed by atoms with van der Waals surface area (Å²) in [5.74, 6) is -0.386. The van der Waals surface area contributed by atoms with Crippen LogP contribution in [0.1, 0.15) is 0 Å². The third-order valence-electron chi connectivity index (χ3n) is 2.43. The van der Waals surface area contributed by atoms with Crippen LogP contribution in [-0.4, -0.2) is 14.4 Å². The molecule has 22 heavy (non-hydrogen) atoms. The molecule has 0 aliphatic heterocycles. The molecule has 0 aromatic heterocycles. The quantitative estimate of drug-likeness (QED) is 0.799. The van der Waals surface area contributed by atoms with Crippen LogP contribution in [0.2, 0.25) is 0 Å². The van der Waals surface area contributed by atoms with Crippen molar-refractivity contribution in [2.45, 2.75) is 0 Å². The number of carbonyl (C=O) groups is 1. The van der Waals surface area contributed by atoms with Crippen LogP contribution in [0.4, 0.5) is 20.6 Å². The minimum atomic E-state index is -4.09. The van der Waals surface area contributed by atoms with Gasteiger partial charge in [-0.15, -0.1) is 0 Å². The highest BCUT2D eigenvalue weighted by molar-refractivity contribution is 7.84. The number of hydrogen-bond acceptors (Lipinski definition) is 4. The van der Waals surface area contributed by atoms with Crippen LogP contribution < -0.4 is 20.0 Å². The molecule has 2 aromatic carbocycles. The molecule has 0 heterocycles. The molecule has 2 rings (SSSR count). The Morgan fingerprint density at radius 3 is 1.86 bits per heavy atom. The van der Waals surface area contributed by atoms with Crippen LogP contribution in [0.15, 0.2) is 48.5 Å². The smallest absolute Gasteiger partial charge is 0.371 e. The van der Waals surface area contributed by atoms with Gasteiger partial charge in [0.25, 0.3) is 0 Å². The van der Waals surface area contributed by atoms with Crippen molar-refractivity contribution in [1.82, 2.24) is 0 Å². The van der Waals surface area contributed by atoms with Crippen LogP contribution >= 0.6 is 0 Å². The van der Waals surface area contributed by atoms with Gasteiger partial charge in [-0.25, -0.2) is 9.18 Å². The molecule has 2 aromatic rings. The van der Waals surface area contributed by atoms with Crippen LogP contribution in [-0.2, 0) is 10.3 Å². The van der Waals surface area contributed by atoms with E-state index in [0.29, 0.717) is 11.4 Å². The van der Waals surface area contributed by atoms with Crippen LogP contribution in [0.5, 0.6) is 5.75 Å². The predicted molar refractivity (Wildman–Crippen MR) is 79.2 cm³/mol. The molecule has 4 N–H and O–H groups in total. The summed E-state index contributed by atoms with van der Waals surface area (Å²) in [6.07, 6.45) is 0. The third-order valence-corrected chi connectivity index (χ3v) is 2.85. The van der Waals surface area contributed by atoms with E-state index >= 15 is 0 Å². The summed E-state index contributed by atoms with van der Waals surface area (Å²) in [5.41, 5.74) is 0.828. The molecule has 9 heteroatoms. The van der Waals surface area contributed by atoms with E-state index in [2.05, 4.69) is 14.8 Å². The number of urea groups is 1. The highest BCUT2D eigenvalue weighted by atomic mass is 32.2. The van der Waals surface area contributed by atoms with E-state index in [1.807, 2.05) is 0 Å². The molecule has 0 fully saturated rings. The van der Waals surface area contributed by atoms with Gasteiger partial charge in [-0.05, 0) is 48.5 Å². The van der Waals surface area contributed by atoms with E-state index in [9.17, 15) is 17.6 Å². The normalized spacial score (nSPS) is 10.8. The Kier molecular flexibility index (Phi) is 4.59. The number of rotatable bonds is 4. The lowest BCUT2D eigenvalue weighted by Crippen LogP contribution is -2.20. The first-order valence-electron chi connectivity index (χ1n) is 5.98. The Hall–Kier alpha value is -2.65. The van der Waals surface area contributed by atoms with E-state index in [1.54, 1.807) is 0 Å². The topological polar surface area (TPSA) is 111 Å². The lowest BCUT2D eigenvalue weighted by atomic mass is 10.3. The summed E-state index contributed by atoms with van der Waals surface area (Å²) in [6.45, 7) is 0. The fourth-order valence-electron chi connectivity index (χ4n) is 1.55. The number of carbonyl (C=O) groups excluding carboxylic acids is 1. The van der Waals surface area contributed by atoms with Crippen molar-refractivity contribution >= 4 is 27.7 Å². The summed E-state index contributed by atoms with van der Waals surface area (Å²) in [6, 6.07) is 10.3. The molecule has 0 spiro atoms. The molecule has 0 unspecified atom stereocenters. The highest BCUT2D eigenvalue weighted by Crippen LogP contribution is 2.17. The summed E-state index contributed by atoms with van der Waals surface area (Å²) < 4.78 is 38.7. The first-order valence-corrected chi connectivity index (χ1v) is 7.45. The van der Waals surface area contributed by atoms with Gasteiger partial charge in [0.1, 0.15) is 11.6 Å². The zero-order chi connectivity index (χ0) is 16.2. The number of nitrogens with one attached hydrogen (secondary N) is 2. The average molecular weight is 325 g/mol. The Balaban J connectivity index is 1.95. The molecule has 7 nitrogen and oxygen atoms in total. The van der Waals surface area contributed by atoms with Crippen molar-refractivity contribution in [3.05, 3.63) is 54.3 Å². The molecule has 2 amide bonds. The van der Waals surface area contributed by atoms with Gasteiger partial charge in [0, 0.05) is 11.4 Å². The molecular formula is C13H12FN3O4S. The minimum Gasteiger partial charge on any atom is -0.371 e. The first kappa shape index (κ1) is 15.7. The molecule has 0 saturated carbocycles.